The van der Waals surface area contributed by atoms with Crippen LogP contribution in [-0.4, -0.2) is 18.9 Å². The molecule has 5 rings (SSSR count). The molecule has 5 aromatic rings. The number of carbonyl (C=O) groups is 1. The fourth-order valence-electron chi connectivity index (χ4n) is 4.43. The summed E-state index contributed by atoms with van der Waals surface area (Å²) in [7, 11) is -3.52. The number of primary amides is 1. The molecule has 0 aliphatic rings. The van der Waals surface area contributed by atoms with E-state index in [9.17, 15) is 13.2 Å². The molecule has 0 bridgehead atoms. The third kappa shape index (κ3) is 3.95. The first-order chi connectivity index (χ1) is 16.3. The van der Waals surface area contributed by atoms with Crippen LogP contribution in [0.15, 0.2) is 95.9 Å². The lowest BCUT2D eigenvalue weighted by Crippen LogP contribution is -2.11. The quantitative estimate of drug-likeness (QED) is 0.339. The molecule has 0 radical (unpaired) electrons. The number of aromatic nitrogens is 1. The number of rotatable bonds is 6. The molecule has 0 spiro atoms. The summed E-state index contributed by atoms with van der Waals surface area (Å²) in [5.74, 6) is -0.619. The topological polar surface area (TPSA) is 82.2 Å². The van der Waals surface area contributed by atoms with Crippen molar-refractivity contribution in [1.29, 1.82) is 0 Å². The van der Waals surface area contributed by atoms with Crippen LogP contribution in [0.1, 0.15) is 21.5 Å². The zero-order chi connectivity index (χ0) is 23.9. The Morgan fingerprint density at radius 3 is 2.26 bits per heavy atom. The van der Waals surface area contributed by atoms with Gasteiger partial charge in [0.25, 0.3) is 0 Å². The van der Waals surface area contributed by atoms with E-state index < -0.39 is 15.7 Å². The van der Waals surface area contributed by atoms with Crippen molar-refractivity contribution in [1.82, 2.24) is 4.57 Å². The Labute approximate surface area is 202 Å². The molecule has 0 fully saturated rings. The van der Waals surface area contributed by atoms with Gasteiger partial charge in [-0.3, -0.25) is 4.79 Å². The minimum absolute atomic E-state index is 0.113. The van der Waals surface area contributed by atoms with Crippen molar-refractivity contribution in [3.63, 3.8) is 0 Å². The summed E-state index contributed by atoms with van der Waals surface area (Å²) in [4.78, 5) is 12.5. The van der Waals surface area contributed by atoms with Gasteiger partial charge in [0.05, 0.1) is 21.7 Å². The number of benzene rings is 4. The molecule has 0 aliphatic carbocycles. The van der Waals surface area contributed by atoms with Gasteiger partial charge in [0, 0.05) is 27.9 Å². The van der Waals surface area contributed by atoms with E-state index in [0.29, 0.717) is 22.0 Å². The largest absolute Gasteiger partial charge is 0.366 e. The van der Waals surface area contributed by atoms with Crippen molar-refractivity contribution in [3.05, 3.63) is 113 Å². The number of halogens is 1. The molecule has 4 aromatic carbocycles. The van der Waals surface area contributed by atoms with Gasteiger partial charge in [-0.25, -0.2) is 8.42 Å². The number of fused-ring (bicyclic) bond motifs is 3. The standard InChI is InChI=1S/C27H21ClN2O3S/c28-20-13-14-22-25(15-20)30(24-12-6-11-23(26(22)24)27(29)31)16-18-7-4-5-8-19(18)17-34(32,33)21-9-2-1-3-10-21/h1-15H,16-17H2,(H2,29,31). The summed E-state index contributed by atoms with van der Waals surface area (Å²) in [5.41, 5.74) is 9.36. The van der Waals surface area contributed by atoms with Crippen molar-refractivity contribution in [3.8, 4) is 0 Å². The van der Waals surface area contributed by atoms with Gasteiger partial charge in [-0.1, -0.05) is 66.2 Å². The minimum atomic E-state index is -3.52. The van der Waals surface area contributed by atoms with Crippen LogP contribution >= 0.6 is 11.6 Å². The highest BCUT2D eigenvalue weighted by Crippen LogP contribution is 2.34. The second-order valence-electron chi connectivity index (χ2n) is 8.15. The fourth-order valence-corrected chi connectivity index (χ4v) is 6.03. The van der Waals surface area contributed by atoms with E-state index in [2.05, 4.69) is 4.57 Å². The number of nitrogens with two attached hydrogens (primary N) is 1. The molecule has 34 heavy (non-hydrogen) atoms. The number of hydrogen-bond acceptors (Lipinski definition) is 3. The molecule has 1 aromatic heterocycles. The number of carbonyl (C=O) groups excluding carboxylic acids is 1. The molecule has 0 unspecified atom stereocenters. The third-order valence-corrected chi connectivity index (χ3v) is 7.93. The molecule has 170 valence electrons. The first kappa shape index (κ1) is 22.2. The Bertz CT molecular complexity index is 1660. The van der Waals surface area contributed by atoms with Crippen molar-refractivity contribution in [2.45, 2.75) is 17.2 Å². The van der Waals surface area contributed by atoms with Gasteiger partial charge in [-0.2, -0.15) is 0 Å². The van der Waals surface area contributed by atoms with Crippen LogP contribution in [0, 0.1) is 0 Å². The Morgan fingerprint density at radius 1 is 0.824 bits per heavy atom. The predicted octanol–water partition coefficient (Wildman–Crippen LogP) is 5.57. The Kier molecular flexibility index (Phi) is 5.63. The molecule has 5 nitrogen and oxygen atoms in total. The number of sulfone groups is 1. The van der Waals surface area contributed by atoms with Crippen LogP contribution in [0.5, 0.6) is 0 Å². The van der Waals surface area contributed by atoms with Crippen LogP contribution in [0.2, 0.25) is 5.02 Å². The molecule has 7 heteroatoms. The average molecular weight is 489 g/mol. The summed E-state index contributed by atoms with van der Waals surface area (Å²) in [6.45, 7) is 0.406. The number of amides is 1. The second-order valence-corrected chi connectivity index (χ2v) is 10.6. The van der Waals surface area contributed by atoms with E-state index in [1.165, 1.54) is 0 Å². The first-order valence-corrected chi connectivity index (χ1v) is 12.7. The first-order valence-electron chi connectivity index (χ1n) is 10.7. The van der Waals surface area contributed by atoms with Crippen LogP contribution in [0.25, 0.3) is 21.8 Å². The smallest absolute Gasteiger partial charge is 0.249 e. The zero-order valence-electron chi connectivity index (χ0n) is 18.1. The molecule has 1 heterocycles. The summed E-state index contributed by atoms with van der Waals surface area (Å²) in [5, 5.41) is 2.19. The highest BCUT2D eigenvalue weighted by atomic mass is 35.5. The summed E-state index contributed by atoms with van der Waals surface area (Å²) >= 11 is 6.33. The minimum Gasteiger partial charge on any atom is -0.366 e. The lowest BCUT2D eigenvalue weighted by Gasteiger charge is -2.13. The Hall–Kier alpha value is -3.61. The molecular weight excluding hydrogens is 468 g/mol. The lowest BCUT2D eigenvalue weighted by molar-refractivity contribution is 0.100. The van der Waals surface area contributed by atoms with Gasteiger partial charge in [0.1, 0.15) is 0 Å². The summed E-state index contributed by atoms with van der Waals surface area (Å²) in [6.07, 6.45) is 0. The van der Waals surface area contributed by atoms with Crippen LogP contribution in [-0.2, 0) is 22.1 Å². The maximum Gasteiger partial charge on any atom is 0.249 e. The zero-order valence-corrected chi connectivity index (χ0v) is 19.7. The van der Waals surface area contributed by atoms with Crippen molar-refractivity contribution < 1.29 is 13.2 Å². The van der Waals surface area contributed by atoms with Crippen LogP contribution in [0.4, 0.5) is 0 Å². The lowest BCUT2D eigenvalue weighted by atomic mass is 10.1. The Balaban J connectivity index is 1.66. The monoisotopic (exact) mass is 488 g/mol. The molecular formula is C27H21ClN2O3S. The van der Waals surface area contributed by atoms with Gasteiger partial charge >= 0.3 is 0 Å². The maximum absolute atomic E-state index is 13.1. The third-order valence-electron chi connectivity index (χ3n) is 6.01. The van der Waals surface area contributed by atoms with E-state index in [4.69, 9.17) is 17.3 Å². The molecule has 0 saturated heterocycles. The average Bonchev–Trinajstić information content (AvgIpc) is 3.13. The molecule has 0 saturated carbocycles. The summed E-state index contributed by atoms with van der Waals surface area (Å²) < 4.78 is 28.2. The fraction of sp³-hybridized carbons (Fsp3) is 0.0741. The molecule has 1 amide bonds. The number of hydrogen-bond donors (Lipinski definition) is 1. The SMILES string of the molecule is NC(=O)c1cccc2c1c1ccc(Cl)cc1n2Cc1ccccc1CS(=O)(=O)c1ccccc1. The van der Waals surface area contributed by atoms with Crippen LogP contribution < -0.4 is 5.73 Å². The molecule has 2 N–H and O–H groups in total. The van der Waals surface area contributed by atoms with Gasteiger partial charge in [-0.05, 0) is 47.5 Å². The highest BCUT2D eigenvalue weighted by molar-refractivity contribution is 7.90. The highest BCUT2D eigenvalue weighted by Gasteiger charge is 2.20. The van der Waals surface area contributed by atoms with E-state index in [1.807, 2.05) is 42.5 Å². The summed E-state index contributed by atoms with van der Waals surface area (Å²) in [6, 6.07) is 26.9. The number of nitrogens with zero attached hydrogens (tertiary/aromatic N) is 1. The van der Waals surface area contributed by atoms with E-state index in [-0.39, 0.29) is 5.75 Å². The van der Waals surface area contributed by atoms with Gasteiger partial charge in [0.2, 0.25) is 5.91 Å². The van der Waals surface area contributed by atoms with E-state index in [0.717, 1.165) is 32.9 Å². The normalized spacial score (nSPS) is 11.8. The van der Waals surface area contributed by atoms with Gasteiger partial charge < -0.3 is 10.3 Å². The van der Waals surface area contributed by atoms with Crippen molar-refractivity contribution in [2.75, 3.05) is 0 Å². The maximum atomic E-state index is 13.1. The van der Waals surface area contributed by atoms with Gasteiger partial charge in [0.15, 0.2) is 9.84 Å². The van der Waals surface area contributed by atoms with Crippen molar-refractivity contribution in [2.24, 2.45) is 5.73 Å². The van der Waals surface area contributed by atoms with Crippen molar-refractivity contribution >= 4 is 49.2 Å². The molecule has 0 aliphatic heterocycles. The predicted molar refractivity (Wildman–Crippen MR) is 136 cm³/mol. The molecule has 0 atom stereocenters. The van der Waals surface area contributed by atoms with Crippen LogP contribution in [0.3, 0.4) is 0 Å². The van der Waals surface area contributed by atoms with E-state index >= 15 is 0 Å². The van der Waals surface area contributed by atoms with Gasteiger partial charge in [-0.15, -0.1) is 0 Å². The second kappa shape index (κ2) is 8.63. The Morgan fingerprint density at radius 2 is 1.53 bits per heavy atom. The van der Waals surface area contributed by atoms with E-state index in [1.54, 1.807) is 48.5 Å².